The van der Waals surface area contributed by atoms with Crippen LogP contribution in [0.25, 0.3) is 0 Å². The van der Waals surface area contributed by atoms with Crippen LogP contribution in [0.5, 0.6) is 0 Å². The van der Waals surface area contributed by atoms with E-state index < -0.39 is 11.9 Å². The second-order valence-corrected chi connectivity index (χ2v) is 8.09. The Morgan fingerprint density at radius 3 is 2.45 bits per heavy atom. The van der Waals surface area contributed by atoms with Gasteiger partial charge in [0.25, 0.3) is 0 Å². The van der Waals surface area contributed by atoms with Crippen molar-refractivity contribution in [2.24, 2.45) is 4.99 Å². The molecule has 1 amide bonds. The summed E-state index contributed by atoms with van der Waals surface area (Å²) in [4.78, 5) is 26.6. The number of alkyl halides is 3. The van der Waals surface area contributed by atoms with Gasteiger partial charge in [0, 0.05) is 51.2 Å². The van der Waals surface area contributed by atoms with E-state index in [1.807, 2.05) is 11.8 Å². The molecule has 0 atom stereocenters. The summed E-state index contributed by atoms with van der Waals surface area (Å²) in [6.07, 6.45) is -2.25. The molecule has 2 saturated heterocycles. The summed E-state index contributed by atoms with van der Waals surface area (Å²) >= 11 is 0.968. The van der Waals surface area contributed by atoms with Gasteiger partial charge in [-0.15, -0.1) is 11.3 Å². The zero-order chi connectivity index (χ0) is 20.9. The summed E-state index contributed by atoms with van der Waals surface area (Å²) < 4.78 is 38.1. The molecule has 7 nitrogen and oxygen atoms in total. The van der Waals surface area contributed by atoms with Gasteiger partial charge < -0.3 is 15.1 Å². The molecule has 1 N–H and O–H groups in total. The Labute approximate surface area is 172 Å². The summed E-state index contributed by atoms with van der Waals surface area (Å²) in [5.41, 5.74) is -0.867. The molecule has 0 unspecified atom stereocenters. The molecule has 0 saturated carbocycles. The van der Waals surface area contributed by atoms with Crippen LogP contribution in [0, 0.1) is 0 Å². The minimum atomic E-state index is -4.42. The van der Waals surface area contributed by atoms with Gasteiger partial charge in [-0.2, -0.15) is 13.2 Å². The summed E-state index contributed by atoms with van der Waals surface area (Å²) in [6.45, 7) is 7.82. The number of rotatable bonds is 5. The van der Waals surface area contributed by atoms with Gasteiger partial charge in [0.15, 0.2) is 11.7 Å². The molecular formula is C18H27F3N6OS. The van der Waals surface area contributed by atoms with Gasteiger partial charge in [-0.3, -0.25) is 9.69 Å². The molecule has 11 heteroatoms. The third-order valence-corrected chi connectivity index (χ3v) is 5.86. The third kappa shape index (κ3) is 6.05. The number of amides is 1. The third-order valence-electron chi connectivity index (χ3n) is 5.03. The van der Waals surface area contributed by atoms with Gasteiger partial charge in [-0.25, -0.2) is 9.98 Å². The molecule has 0 radical (unpaired) electrons. The Balaban J connectivity index is 1.52. The summed E-state index contributed by atoms with van der Waals surface area (Å²) in [7, 11) is 0. The van der Waals surface area contributed by atoms with Crippen molar-refractivity contribution in [1.29, 1.82) is 0 Å². The van der Waals surface area contributed by atoms with Gasteiger partial charge in [0.05, 0.1) is 13.1 Å². The Morgan fingerprint density at radius 1 is 1.17 bits per heavy atom. The monoisotopic (exact) mass is 432 g/mol. The lowest BCUT2D eigenvalue weighted by molar-refractivity contribution is -0.140. The van der Waals surface area contributed by atoms with Crippen molar-refractivity contribution in [2.45, 2.75) is 32.5 Å². The van der Waals surface area contributed by atoms with Gasteiger partial charge in [0.2, 0.25) is 5.91 Å². The van der Waals surface area contributed by atoms with E-state index >= 15 is 0 Å². The van der Waals surface area contributed by atoms with E-state index in [1.54, 1.807) is 0 Å². The maximum atomic E-state index is 12.7. The number of carbonyl (C=O) groups excluding carboxylic acids is 1. The highest BCUT2D eigenvalue weighted by Crippen LogP contribution is 2.30. The largest absolute Gasteiger partial charge is 0.434 e. The first-order valence-electron chi connectivity index (χ1n) is 9.92. The van der Waals surface area contributed by atoms with Crippen LogP contribution in [0.4, 0.5) is 13.2 Å². The van der Waals surface area contributed by atoms with E-state index in [2.05, 4.69) is 25.1 Å². The van der Waals surface area contributed by atoms with E-state index in [0.717, 1.165) is 55.7 Å². The van der Waals surface area contributed by atoms with Gasteiger partial charge >= 0.3 is 6.18 Å². The van der Waals surface area contributed by atoms with Crippen LogP contribution in [0.3, 0.4) is 0 Å². The number of aliphatic imine (C=N–C) groups is 1. The smallest absolute Gasteiger partial charge is 0.357 e. The van der Waals surface area contributed by atoms with Gasteiger partial charge in [0.1, 0.15) is 5.01 Å². The molecule has 2 aliphatic rings. The number of piperazine rings is 1. The summed E-state index contributed by atoms with van der Waals surface area (Å²) in [5, 5.41) is 4.55. The fourth-order valence-electron chi connectivity index (χ4n) is 3.46. The van der Waals surface area contributed by atoms with Crippen LogP contribution < -0.4 is 5.32 Å². The van der Waals surface area contributed by atoms with Crippen molar-refractivity contribution in [3.05, 3.63) is 16.1 Å². The first-order chi connectivity index (χ1) is 13.9. The zero-order valence-electron chi connectivity index (χ0n) is 16.5. The Bertz CT molecular complexity index is 709. The molecule has 1 aromatic heterocycles. The molecule has 3 rings (SSSR count). The Morgan fingerprint density at radius 2 is 1.86 bits per heavy atom. The van der Waals surface area contributed by atoms with Crippen molar-refractivity contribution < 1.29 is 18.0 Å². The first kappa shape index (κ1) is 21.8. The normalized spacial score (nSPS) is 19.1. The average Bonchev–Trinajstić information content (AvgIpc) is 3.37. The van der Waals surface area contributed by atoms with Crippen LogP contribution >= 0.6 is 11.3 Å². The van der Waals surface area contributed by atoms with E-state index in [4.69, 9.17) is 0 Å². The number of carbonyl (C=O) groups is 1. The van der Waals surface area contributed by atoms with Gasteiger partial charge in [-0.05, 0) is 19.8 Å². The zero-order valence-corrected chi connectivity index (χ0v) is 17.4. The highest BCUT2D eigenvalue weighted by atomic mass is 32.1. The quantitative estimate of drug-likeness (QED) is 0.569. The van der Waals surface area contributed by atoms with Crippen LogP contribution in [0.15, 0.2) is 10.4 Å². The van der Waals surface area contributed by atoms with E-state index in [-0.39, 0.29) is 12.5 Å². The number of halogens is 3. The van der Waals surface area contributed by atoms with E-state index in [9.17, 15) is 18.0 Å². The predicted octanol–water partition coefficient (Wildman–Crippen LogP) is 1.87. The second kappa shape index (κ2) is 9.75. The number of likely N-dealkylation sites (tertiary alicyclic amines) is 1. The average molecular weight is 433 g/mol. The molecular weight excluding hydrogens is 405 g/mol. The SMILES string of the molecule is CCNC(=NCc1nc(C(F)(F)F)cs1)N1CCN(CC(=O)N2CCCC2)CC1. The molecule has 0 spiro atoms. The molecule has 29 heavy (non-hydrogen) atoms. The molecule has 0 aliphatic carbocycles. The van der Waals surface area contributed by atoms with Crippen LogP contribution in [-0.4, -0.2) is 83.9 Å². The predicted molar refractivity (Wildman–Crippen MR) is 106 cm³/mol. The van der Waals surface area contributed by atoms with Crippen molar-refractivity contribution in [2.75, 3.05) is 52.4 Å². The van der Waals surface area contributed by atoms with Crippen molar-refractivity contribution in [3.8, 4) is 0 Å². The lowest BCUT2D eigenvalue weighted by atomic mass is 10.3. The van der Waals surface area contributed by atoms with Crippen molar-refractivity contribution in [3.63, 3.8) is 0 Å². The van der Waals surface area contributed by atoms with Crippen LogP contribution in [0.1, 0.15) is 30.5 Å². The lowest BCUT2D eigenvalue weighted by Crippen LogP contribution is -2.54. The van der Waals surface area contributed by atoms with Crippen LogP contribution in [-0.2, 0) is 17.5 Å². The Kier molecular flexibility index (Phi) is 7.33. The van der Waals surface area contributed by atoms with E-state index in [1.165, 1.54) is 0 Å². The molecule has 1 aromatic rings. The number of nitrogens with zero attached hydrogens (tertiary/aromatic N) is 5. The Hall–Kier alpha value is -1.88. The molecule has 2 fully saturated rings. The van der Waals surface area contributed by atoms with Gasteiger partial charge in [-0.1, -0.05) is 0 Å². The number of thiazole rings is 1. The van der Waals surface area contributed by atoms with E-state index in [0.29, 0.717) is 37.1 Å². The highest BCUT2D eigenvalue weighted by molar-refractivity contribution is 7.09. The standard InChI is InChI=1S/C18H27F3N6OS/c1-2-22-17(23-11-15-24-14(13-29-15)18(19,20)21)27-9-7-25(8-10-27)12-16(28)26-5-3-4-6-26/h13H,2-12H2,1H3,(H,22,23). The fourth-order valence-corrected chi connectivity index (χ4v) is 4.18. The first-order valence-corrected chi connectivity index (χ1v) is 10.8. The number of hydrogen-bond donors (Lipinski definition) is 1. The molecule has 0 bridgehead atoms. The van der Waals surface area contributed by atoms with Crippen molar-refractivity contribution in [1.82, 2.24) is 25.0 Å². The topological polar surface area (TPSA) is 64.1 Å². The second-order valence-electron chi connectivity index (χ2n) is 7.15. The number of hydrogen-bond acceptors (Lipinski definition) is 5. The highest BCUT2D eigenvalue weighted by Gasteiger charge is 2.33. The lowest BCUT2D eigenvalue weighted by Gasteiger charge is -2.36. The fraction of sp³-hybridized carbons (Fsp3) is 0.722. The minimum absolute atomic E-state index is 0.108. The van der Waals surface area contributed by atoms with Crippen LogP contribution in [0.2, 0.25) is 0 Å². The maximum absolute atomic E-state index is 12.7. The summed E-state index contributed by atoms with van der Waals surface area (Å²) in [6, 6.07) is 0. The molecule has 3 heterocycles. The summed E-state index contributed by atoms with van der Waals surface area (Å²) in [5.74, 6) is 0.863. The number of nitrogens with one attached hydrogen (secondary N) is 1. The molecule has 2 aliphatic heterocycles. The number of guanidine groups is 1. The number of aromatic nitrogens is 1. The molecule has 0 aromatic carbocycles. The maximum Gasteiger partial charge on any atom is 0.434 e. The molecule has 162 valence electrons. The van der Waals surface area contributed by atoms with Crippen molar-refractivity contribution >= 4 is 23.2 Å². The minimum Gasteiger partial charge on any atom is -0.357 e.